The molecular formula is C29H33ClFN3O4S. The standard InChI is InChI=1S/C29H33ClFN3O4S/c1-5-21(3)32-29(36)22(4)33(18-23-8-6-7-9-27(23)31)28(35)19-34(25-14-12-24(30)13-15-25)39(37,38)26-16-10-20(2)11-17-26/h6-17,21-22H,5,18-19H2,1-4H3,(H,32,36)/t21-,22-/m1/s1. The van der Waals surface area contributed by atoms with E-state index in [4.69, 9.17) is 11.6 Å². The fourth-order valence-corrected chi connectivity index (χ4v) is 5.37. The van der Waals surface area contributed by atoms with Crippen molar-refractivity contribution in [1.82, 2.24) is 10.2 Å². The lowest BCUT2D eigenvalue weighted by atomic mass is 10.1. The third-order valence-electron chi connectivity index (χ3n) is 6.47. The molecule has 0 radical (unpaired) electrons. The molecule has 0 spiro atoms. The molecule has 0 fully saturated rings. The van der Waals surface area contributed by atoms with Crippen molar-refractivity contribution in [3.63, 3.8) is 0 Å². The topological polar surface area (TPSA) is 86.8 Å². The van der Waals surface area contributed by atoms with Crippen LogP contribution in [0.4, 0.5) is 10.1 Å². The summed E-state index contributed by atoms with van der Waals surface area (Å²) >= 11 is 6.03. The third-order valence-corrected chi connectivity index (χ3v) is 8.51. The second-order valence-electron chi connectivity index (χ2n) is 9.41. The number of benzene rings is 3. The van der Waals surface area contributed by atoms with Gasteiger partial charge in [0.25, 0.3) is 10.0 Å². The van der Waals surface area contributed by atoms with Crippen molar-refractivity contribution < 1.29 is 22.4 Å². The molecule has 3 rings (SSSR count). The number of anilines is 1. The Bertz CT molecular complexity index is 1400. The molecule has 2 amide bonds. The van der Waals surface area contributed by atoms with Gasteiger partial charge in [-0.3, -0.25) is 13.9 Å². The molecule has 0 unspecified atom stereocenters. The predicted molar refractivity (Wildman–Crippen MR) is 151 cm³/mol. The van der Waals surface area contributed by atoms with Gasteiger partial charge in [0.2, 0.25) is 11.8 Å². The molecule has 208 valence electrons. The van der Waals surface area contributed by atoms with Crippen molar-refractivity contribution >= 4 is 39.1 Å². The van der Waals surface area contributed by atoms with Crippen molar-refractivity contribution in [2.24, 2.45) is 0 Å². The van der Waals surface area contributed by atoms with Gasteiger partial charge in [-0.25, -0.2) is 12.8 Å². The molecule has 3 aromatic carbocycles. The summed E-state index contributed by atoms with van der Waals surface area (Å²) in [5, 5.41) is 3.24. The zero-order valence-electron chi connectivity index (χ0n) is 22.4. The lowest BCUT2D eigenvalue weighted by Gasteiger charge is -2.32. The first-order valence-corrected chi connectivity index (χ1v) is 14.4. The van der Waals surface area contributed by atoms with Crippen molar-refractivity contribution in [3.05, 3.63) is 94.8 Å². The van der Waals surface area contributed by atoms with Crippen molar-refractivity contribution in [2.75, 3.05) is 10.8 Å². The van der Waals surface area contributed by atoms with Crippen LogP contribution in [0.25, 0.3) is 0 Å². The summed E-state index contributed by atoms with van der Waals surface area (Å²) in [5.41, 5.74) is 1.30. The molecule has 0 aliphatic rings. The minimum atomic E-state index is -4.19. The molecule has 3 aromatic rings. The molecule has 0 bridgehead atoms. The first-order chi connectivity index (χ1) is 18.4. The van der Waals surface area contributed by atoms with E-state index in [0.29, 0.717) is 11.4 Å². The molecule has 10 heteroatoms. The van der Waals surface area contributed by atoms with E-state index in [2.05, 4.69) is 5.32 Å². The summed E-state index contributed by atoms with van der Waals surface area (Å²) in [7, 11) is -4.19. The Morgan fingerprint density at radius 1 is 0.974 bits per heavy atom. The molecule has 0 saturated carbocycles. The second kappa shape index (κ2) is 13.1. The van der Waals surface area contributed by atoms with Crippen LogP contribution in [0.15, 0.2) is 77.7 Å². The molecule has 7 nitrogen and oxygen atoms in total. The molecule has 0 heterocycles. The quantitative estimate of drug-likeness (QED) is 0.337. The van der Waals surface area contributed by atoms with Gasteiger partial charge in [-0.2, -0.15) is 0 Å². The Morgan fingerprint density at radius 2 is 1.59 bits per heavy atom. The smallest absolute Gasteiger partial charge is 0.264 e. The number of hydrogen-bond acceptors (Lipinski definition) is 4. The molecule has 0 aromatic heterocycles. The molecule has 0 saturated heterocycles. The van der Waals surface area contributed by atoms with Gasteiger partial charge in [0, 0.05) is 23.2 Å². The number of hydrogen-bond donors (Lipinski definition) is 1. The molecule has 1 N–H and O–H groups in total. The highest BCUT2D eigenvalue weighted by atomic mass is 35.5. The monoisotopic (exact) mass is 573 g/mol. The Hall–Kier alpha value is -3.43. The fourth-order valence-electron chi connectivity index (χ4n) is 3.83. The number of halogens is 2. The number of aryl methyl sites for hydroxylation is 1. The lowest BCUT2D eigenvalue weighted by molar-refractivity contribution is -0.139. The summed E-state index contributed by atoms with van der Waals surface area (Å²) < 4.78 is 43.1. The van der Waals surface area contributed by atoms with Crippen LogP contribution in [-0.2, 0) is 26.2 Å². The van der Waals surface area contributed by atoms with Gasteiger partial charge < -0.3 is 10.2 Å². The average Bonchev–Trinajstić information content (AvgIpc) is 2.91. The maximum absolute atomic E-state index is 14.6. The highest BCUT2D eigenvalue weighted by molar-refractivity contribution is 7.92. The molecule has 2 atom stereocenters. The number of amides is 2. The lowest BCUT2D eigenvalue weighted by Crippen LogP contribution is -2.52. The Balaban J connectivity index is 2.03. The van der Waals surface area contributed by atoms with Gasteiger partial charge in [-0.1, -0.05) is 54.4 Å². The number of sulfonamides is 1. The fraction of sp³-hybridized carbons (Fsp3) is 0.310. The van der Waals surface area contributed by atoms with E-state index in [0.717, 1.165) is 9.87 Å². The highest BCUT2D eigenvalue weighted by Gasteiger charge is 2.33. The maximum Gasteiger partial charge on any atom is 0.264 e. The van der Waals surface area contributed by atoms with Crippen LogP contribution >= 0.6 is 11.6 Å². The van der Waals surface area contributed by atoms with Crippen molar-refractivity contribution in [1.29, 1.82) is 0 Å². The van der Waals surface area contributed by atoms with E-state index < -0.39 is 40.2 Å². The zero-order chi connectivity index (χ0) is 28.7. The summed E-state index contributed by atoms with van der Waals surface area (Å²) in [4.78, 5) is 28.1. The van der Waals surface area contributed by atoms with Crippen molar-refractivity contribution in [2.45, 2.75) is 57.6 Å². The van der Waals surface area contributed by atoms with Gasteiger partial charge in [-0.05, 0) is 69.7 Å². The van der Waals surface area contributed by atoms with E-state index in [1.54, 1.807) is 18.2 Å². The predicted octanol–water partition coefficient (Wildman–Crippen LogP) is 5.31. The maximum atomic E-state index is 14.6. The largest absolute Gasteiger partial charge is 0.352 e. The average molecular weight is 574 g/mol. The van der Waals surface area contributed by atoms with Gasteiger partial charge in [0.05, 0.1) is 10.6 Å². The van der Waals surface area contributed by atoms with Crippen LogP contribution < -0.4 is 9.62 Å². The number of nitrogens with one attached hydrogen (secondary N) is 1. The highest BCUT2D eigenvalue weighted by Crippen LogP contribution is 2.26. The third kappa shape index (κ3) is 7.58. The second-order valence-corrected chi connectivity index (χ2v) is 11.7. The Kier molecular flexibility index (Phi) is 10.1. The van der Waals surface area contributed by atoms with E-state index in [9.17, 15) is 22.4 Å². The van der Waals surface area contributed by atoms with Crippen LogP contribution in [0.3, 0.4) is 0 Å². The number of nitrogens with zero attached hydrogens (tertiary/aromatic N) is 2. The van der Waals surface area contributed by atoms with E-state index in [-0.39, 0.29) is 28.7 Å². The summed E-state index contributed by atoms with van der Waals surface area (Å²) in [6, 6.07) is 17.1. The Labute approximate surface area is 234 Å². The van der Waals surface area contributed by atoms with Gasteiger partial charge in [0.15, 0.2) is 0 Å². The van der Waals surface area contributed by atoms with Gasteiger partial charge >= 0.3 is 0 Å². The van der Waals surface area contributed by atoms with E-state index in [1.165, 1.54) is 66.4 Å². The minimum Gasteiger partial charge on any atom is -0.352 e. The minimum absolute atomic E-state index is 0.000865. The van der Waals surface area contributed by atoms with E-state index in [1.807, 2.05) is 20.8 Å². The van der Waals surface area contributed by atoms with Crippen LogP contribution in [0.5, 0.6) is 0 Å². The van der Waals surface area contributed by atoms with Crippen LogP contribution in [0.1, 0.15) is 38.3 Å². The van der Waals surface area contributed by atoms with Gasteiger partial charge in [0.1, 0.15) is 18.4 Å². The zero-order valence-corrected chi connectivity index (χ0v) is 24.0. The first kappa shape index (κ1) is 30.1. The van der Waals surface area contributed by atoms with Crippen molar-refractivity contribution in [3.8, 4) is 0 Å². The number of carbonyl (C=O) groups is 2. The summed E-state index contributed by atoms with van der Waals surface area (Å²) in [6.45, 7) is 6.29. The molecule has 39 heavy (non-hydrogen) atoms. The molecule has 0 aliphatic heterocycles. The SMILES string of the molecule is CC[C@@H](C)NC(=O)[C@@H](C)N(Cc1ccccc1F)C(=O)CN(c1ccc(Cl)cc1)S(=O)(=O)c1ccc(C)cc1. The van der Waals surface area contributed by atoms with Crippen LogP contribution in [0.2, 0.25) is 5.02 Å². The molecule has 0 aliphatic carbocycles. The van der Waals surface area contributed by atoms with Crippen LogP contribution in [-0.4, -0.2) is 43.8 Å². The summed E-state index contributed by atoms with van der Waals surface area (Å²) in [6.07, 6.45) is 0.679. The normalized spacial score (nSPS) is 12.9. The first-order valence-electron chi connectivity index (χ1n) is 12.6. The molecular weight excluding hydrogens is 541 g/mol. The Morgan fingerprint density at radius 3 is 2.18 bits per heavy atom. The number of carbonyl (C=O) groups excluding carboxylic acids is 2. The van der Waals surface area contributed by atoms with Gasteiger partial charge in [-0.15, -0.1) is 0 Å². The number of rotatable bonds is 11. The van der Waals surface area contributed by atoms with E-state index >= 15 is 0 Å². The summed E-state index contributed by atoms with van der Waals surface area (Å²) in [5.74, 6) is -1.63. The van der Waals surface area contributed by atoms with Crippen LogP contribution in [0, 0.1) is 12.7 Å².